The summed E-state index contributed by atoms with van der Waals surface area (Å²) < 4.78 is 0. The van der Waals surface area contributed by atoms with E-state index in [4.69, 9.17) is 5.21 Å². The summed E-state index contributed by atoms with van der Waals surface area (Å²) >= 11 is 0. The molecule has 1 aliphatic heterocycles. The highest BCUT2D eigenvalue weighted by Gasteiger charge is 2.09. The second-order valence-electron chi connectivity index (χ2n) is 2.96. The average Bonchev–Trinajstić information content (AvgIpc) is 2.50. The van der Waals surface area contributed by atoms with Gasteiger partial charge in [0, 0.05) is 23.7 Å². The van der Waals surface area contributed by atoms with Gasteiger partial charge in [0.2, 0.25) is 0 Å². The normalized spacial score (nSPS) is 13.3. The van der Waals surface area contributed by atoms with Crippen molar-refractivity contribution in [3.05, 3.63) is 41.7 Å². The van der Waals surface area contributed by atoms with Gasteiger partial charge in [0.15, 0.2) is 0 Å². The Bertz CT molecular complexity index is 452. The van der Waals surface area contributed by atoms with E-state index in [0.717, 1.165) is 11.3 Å². The van der Waals surface area contributed by atoms with Crippen molar-refractivity contribution in [1.29, 1.82) is 0 Å². The molecule has 1 aromatic rings. The number of para-hydroxylation sites is 1. The van der Waals surface area contributed by atoms with E-state index in [0.29, 0.717) is 0 Å². The number of rotatable bonds is 1. The molecule has 0 aromatic heterocycles. The fourth-order valence-corrected chi connectivity index (χ4v) is 1.24. The van der Waals surface area contributed by atoms with Crippen molar-refractivity contribution in [2.24, 2.45) is 4.99 Å². The molecule has 0 unspecified atom stereocenters. The number of hydrogen-bond donors (Lipinski definition) is 3. The van der Waals surface area contributed by atoms with Crippen LogP contribution in [0.5, 0.6) is 0 Å². The van der Waals surface area contributed by atoms with Gasteiger partial charge in [0.1, 0.15) is 5.70 Å². The predicted octanol–water partition coefficient (Wildman–Crippen LogP) is 0.878. The van der Waals surface area contributed by atoms with E-state index in [9.17, 15) is 4.79 Å². The Morgan fingerprint density at radius 1 is 1.40 bits per heavy atom. The Morgan fingerprint density at radius 3 is 3.00 bits per heavy atom. The Kier molecular flexibility index (Phi) is 2.47. The van der Waals surface area contributed by atoms with Gasteiger partial charge in [-0.2, -0.15) is 0 Å². The molecule has 2 rings (SSSR count). The summed E-state index contributed by atoms with van der Waals surface area (Å²) in [5.74, 6) is -0.647. The van der Waals surface area contributed by atoms with Crippen molar-refractivity contribution in [2.75, 3.05) is 5.32 Å². The number of fused-ring (bicyclic) bond motifs is 1. The first kappa shape index (κ1) is 9.42. The molecule has 1 heterocycles. The number of aliphatic imine (C=N–C) groups is 1. The summed E-state index contributed by atoms with van der Waals surface area (Å²) in [7, 11) is 0. The number of anilines is 1. The van der Waals surface area contributed by atoms with Crippen LogP contribution in [-0.4, -0.2) is 17.3 Å². The molecule has 0 fully saturated rings. The van der Waals surface area contributed by atoms with E-state index >= 15 is 0 Å². The molecule has 15 heavy (non-hydrogen) atoms. The maximum absolute atomic E-state index is 11.1. The smallest absolute Gasteiger partial charge is 0.294 e. The minimum Gasteiger partial charge on any atom is -0.359 e. The molecule has 5 nitrogen and oxygen atoms in total. The third kappa shape index (κ3) is 1.87. The summed E-state index contributed by atoms with van der Waals surface area (Å²) in [6, 6.07) is 7.51. The van der Waals surface area contributed by atoms with E-state index in [1.54, 1.807) is 6.21 Å². The van der Waals surface area contributed by atoms with Crippen molar-refractivity contribution in [2.45, 2.75) is 0 Å². The highest BCUT2D eigenvalue weighted by Crippen LogP contribution is 2.16. The Labute approximate surface area is 86.1 Å². The molecule has 0 radical (unpaired) electrons. The number of amides is 1. The molecule has 1 amide bonds. The first-order chi connectivity index (χ1) is 7.31. The third-order valence-electron chi connectivity index (χ3n) is 2.00. The minimum atomic E-state index is -0.647. The van der Waals surface area contributed by atoms with Crippen LogP contribution in [0, 0.1) is 0 Å². The monoisotopic (exact) mass is 203 g/mol. The minimum absolute atomic E-state index is 0.119. The van der Waals surface area contributed by atoms with E-state index in [-0.39, 0.29) is 5.70 Å². The summed E-state index contributed by atoms with van der Waals surface area (Å²) in [5.41, 5.74) is 3.39. The van der Waals surface area contributed by atoms with Crippen molar-refractivity contribution >= 4 is 17.8 Å². The molecule has 0 saturated carbocycles. The first-order valence-electron chi connectivity index (χ1n) is 4.35. The van der Waals surface area contributed by atoms with E-state index < -0.39 is 5.91 Å². The van der Waals surface area contributed by atoms with Crippen LogP contribution >= 0.6 is 0 Å². The van der Waals surface area contributed by atoms with Gasteiger partial charge in [-0.05, 0) is 6.07 Å². The summed E-state index contributed by atoms with van der Waals surface area (Å²) in [6.45, 7) is 0. The fraction of sp³-hybridized carbons (Fsp3) is 0. The number of nitrogens with one attached hydrogen (secondary N) is 2. The highest BCUT2D eigenvalue weighted by molar-refractivity contribution is 5.98. The maximum atomic E-state index is 11.1. The lowest BCUT2D eigenvalue weighted by Crippen LogP contribution is -2.20. The van der Waals surface area contributed by atoms with Gasteiger partial charge >= 0.3 is 0 Å². The number of carbonyl (C=O) groups is 1. The van der Waals surface area contributed by atoms with E-state index in [1.165, 1.54) is 11.7 Å². The maximum Gasteiger partial charge on any atom is 0.294 e. The molecule has 0 spiro atoms. The van der Waals surface area contributed by atoms with E-state index in [2.05, 4.69) is 10.3 Å². The molecule has 3 N–H and O–H groups in total. The number of hydrogen-bond acceptors (Lipinski definition) is 4. The summed E-state index contributed by atoms with van der Waals surface area (Å²) in [5, 5.41) is 11.4. The van der Waals surface area contributed by atoms with Crippen molar-refractivity contribution in [3.8, 4) is 0 Å². The number of carbonyl (C=O) groups excluding carboxylic acids is 1. The average molecular weight is 203 g/mol. The zero-order chi connectivity index (χ0) is 10.7. The zero-order valence-electron chi connectivity index (χ0n) is 7.77. The second kappa shape index (κ2) is 3.93. The molecule has 0 aliphatic carbocycles. The van der Waals surface area contributed by atoms with Crippen LogP contribution in [0.4, 0.5) is 5.69 Å². The second-order valence-corrected chi connectivity index (χ2v) is 2.96. The van der Waals surface area contributed by atoms with Gasteiger partial charge < -0.3 is 5.32 Å². The van der Waals surface area contributed by atoms with Gasteiger partial charge in [-0.1, -0.05) is 18.2 Å². The van der Waals surface area contributed by atoms with Gasteiger partial charge in [0.05, 0.1) is 0 Å². The molecular formula is C10H9N3O2. The highest BCUT2D eigenvalue weighted by atomic mass is 16.5. The van der Waals surface area contributed by atoms with E-state index in [1.807, 2.05) is 24.3 Å². The predicted molar refractivity (Wildman–Crippen MR) is 55.7 cm³/mol. The first-order valence-corrected chi connectivity index (χ1v) is 4.35. The molecule has 1 aliphatic rings. The quantitative estimate of drug-likeness (QED) is 0.468. The number of hydroxylamine groups is 1. The molecule has 1 aromatic carbocycles. The van der Waals surface area contributed by atoms with Gasteiger partial charge in [0.25, 0.3) is 5.91 Å². The third-order valence-corrected chi connectivity index (χ3v) is 2.00. The standard InChI is InChI=1S/C10H9N3O2/c14-10(13-15)9-6-12-8-4-2-1-3-7(8)5-11-9/h1-6,12,15H,(H,13,14). The van der Waals surface area contributed by atoms with Crippen LogP contribution in [0.25, 0.3) is 0 Å². The van der Waals surface area contributed by atoms with Crippen LogP contribution in [0.15, 0.2) is 41.2 Å². The molecular weight excluding hydrogens is 194 g/mol. The topological polar surface area (TPSA) is 73.7 Å². The van der Waals surface area contributed by atoms with Crippen LogP contribution in [0.2, 0.25) is 0 Å². The van der Waals surface area contributed by atoms with Gasteiger partial charge in [-0.25, -0.2) is 10.5 Å². The summed E-state index contributed by atoms with van der Waals surface area (Å²) in [6.07, 6.45) is 3.00. The van der Waals surface area contributed by atoms with Crippen LogP contribution in [0.3, 0.4) is 0 Å². The SMILES string of the molecule is O=C(NO)C1=CNc2ccccc2C=N1. The fourth-order valence-electron chi connectivity index (χ4n) is 1.24. The number of benzene rings is 1. The van der Waals surface area contributed by atoms with Crippen molar-refractivity contribution in [3.63, 3.8) is 0 Å². The lowest BCUT2D eigenvalue weighted by Gasteiger charge is -2.01. The van der Waals surface area contributed by atoms with Crippen LogP contribution in [-0.2, 0) is 4.79 Å². The van der Waals surface area contributed by atoms with Crippen LogP contribution < -0.4 is 10.8 Å². The van der Waals surface area contributed by atoms with Gasteiger partial charge in [-0.15, -0.1) is 0 Å². The van der Waals surface area contributed by atoms with Crippen LogP contribution in [0.1, 0.15) is 5.56 Å². The Morgan fingerprint density at radius 2 is 2.20 bits per heavy atom. The molecule has 0 bridgehead atoms. The zero-order valence-corrected chi connectivity index (χ0v) is 7.77. The van der Waals surface area contributed by atoms with Crippen molar-refractivity contribution < 1.29 is 10.0 Å². The lowest BCUT2D eigenvalue weighted by molar-refractivity contribution is -0.125. The Balaban J connectivity index is 2.33. The summed E-state index contributed by atoms with van der Waals surface area (Å²) in [4.78, 5) is 15.0. The van der Waals surface area contributed by atoms with Crippen molar-refractivity contribution in [1.82, 2.24) is 5.48 Å². The largest absolute Gasteiger partial charge is 0.359 e. The van der Waals surface area contributed by atoms with Gasteiger partial charge in [-0.3, -0.25) is 10.0 Å². The number of nitrogens with zero attached hydrogens (tertiary/aromatic N) is 1. The lowest BCUT2D eigenvalue weighted by atomic mass is 10.2. The molecule has 76 valence electrons. The molecule has 5 heteroatoms. The molecule has 0 saturated heterocycles. The Hall–Kier alpha value is -2.14. The molecule has 0 atom stereocenters.